The van der Waals surface area contributed by atoms with E-state index in [1.807, 2.05) is 0 Å². The van der Waals surface area contributed by atoms with Gasteiger partial charge < -0.3 is 19.4 Å². The molecule has 0 unspecified atom stereocenters. The topological polar surface area (TPSA) is 56.5 Å². The van der Waals surface area contributed by atoms with Crippen LogP contribution in [0, 0.1) is 23.7 Å². The van der Waals surface area contributed by atoms with E-state index in [1.165, 1.54) is 83.1 Å². The van der Waals surface area contributed by atoms with Gasteiger partial charge in [-0.1, -0.05) is 36.4 Å². The van der Waals surface area contributed by atoms with E-state index in [0.717, 1.165) is 25.0 Å². The molecule has 2 N–H and O–H groups in total. The van der Waals surface area contributed by atoms with Crippen molar-refractivity contribution in [2.45, 2.75) is 62.8 Å². The number of benzene rings is 2. The van der Waals surface area contributed by atoms with Gasteiger partial charge in [0.15, 0.2) is 0 Å². The summed E-state index contributed by atoms with van der Waals surface area (Å²) in [4.78, 5) is 12.6. The van der Waals surface area contributed by atoms with Crippen LogP contribution < -0.4 is 0 Å². The van der Waals surface area contributed by atoms with Crippen molar-refractivity contribution in [3.8, 4) is 0 Å². The summed E-state index contributed by atoms with van der Waals surface area (Å²) < 4.78 is 12.7. The molecule has 8 atom stereocenters. The molecule has 6 aliphatic rings. The molecule has 0 saturated carbocycles. The molecule has 0 radical (unpaired) electrons. The van der Waals surface area contributed by atoms with Crippen molar-refractivity contribution in [3.63, 3.8) is 0 Å². The van der Waals surface area contributed by atoms with Gasteiger partial charge in [-0.25, -0.2) is 0 Å². The lowest BCUT2D eigenvalue weighted by molar-refractivity contribution is -0.182. The smallest absolute Gasteiger partial charge is 0.108 e. The van der Waals surface area contributed by atoms with Crippen LogP contribution in [0.25, 0.3) is 21.8 Å². The third kappa shape index (κ3) is 3.25. The van der Waals surface area contributed by atoms with Crippen molar-refractivity contribution in [3.05, 3.63) is 71.0 Å². The minimum absolute atomic E-state index is 0.116. The minimum atomic E-state index is -0.116. The molecule has 4 fully saturated rings. The predicted molar refractivity (Wildman–Crippen MR) is 166 cm³/mol. The van der Waals surface area contributed by atoms with Crippen LogP contribution in [0.2, 0.25) is 0 Å². The molecule has 6 heterocycles. The quantitative estimate of drug-likeness (QED) is 0.245. The number of fused-ring (bicyclic) bond motifs is 10. The van der Waals surface area contributed by atoms with Gasteiger partial charge in [0, 0.05) is 58.2 Å². The van der Waals surface area contributed by atoms with Crippen molar-refractivity contribution >= 4 is 21.8 Å². The SMILES string of the molecule is CN1CC[C@@H]2[C@H]3CCO[C@]2(C)c2[nH]c4ccccc4c2[C@H]31.CN1CC[C@H]2[C@@H]3CCO[C@@]2(C)c2[nH]c4ccccc4c2[C@@H]31. The fraction of sp³-hybridized carbons (Fsp3) is 0.556. The molecule has 6 nitrogen and oxygen atoms in total. The highest BCUT2D eigenvalue weighted by Crippen LogP contribution is 2.61. The molecule has 6 heteroatoms. The van der Waals surface area contributed by atoms with Crippen LogP contribution in [-0.2, 0) is 20.7 Å². The number of para-hydroxylation sites is 2. The molecule has 4 aliphatic heterocycles. The van der Waals surface area contributed by atoms with Gasteiger partial charge in [0.2, 0.25) is 0 Å². The van der Waals surface area contributed by atoms with Gasteiger partial charge in [-0.2, -0.15) is 0 Å². The third-order valence-electron chi connectivity index (χ3n) is 12.6. The molecule has 2 aromatic carbocycles. The summed E-state index contributed by atoms with van der Waals surface area (Å²) in [5, 5.41) is 2.79. The molecule has 4 saturated heterocycles. The Morgan fingerprint density at radius 3 is 1.52 bits per heavy atom. The number of hydrogen-bond acceptors (Lipinski definition) is 4. The van der Waals surface area contributed by atoms with E-state index in [0.29, 0.717) is 23.9 Å². The van der Waals surface area contributed by atoms with E-state index >= 15 is 0 Å². The number of piperidine rings is 2. The average Bonchev–Trinajstić information content (AvgIpc) is 3.56. The normalized spacial score (nSPS) is 38.5. The zero-order valence-corrected chi connectivity index (χ0v) is 25.5. The Morgan fingerprint density at radius 2 is 1.07 bits per heavy atom. The van der Waals surface area contributed by atoms with E-state index < -0.39 is 0 Å². The zero-order chi connectivity index (χ0) is 28.4. The maximum Gasteiger partial charge on any atom is 0.108 e. The van der Waals surface area contributed by atoms with E-state index in [-0.39, 0.29) is 11.2 Å². The van der Waals surface area contributed by atoms with E-state index in [1.54, 1.807) is 0 Å². The second-order valence-corrected chi connectivity index (χ2v) is 14.4. The Bertz CT molecular complexity index is 1570. The maximum absolute atomic E-state index is 6.36. The predicted octanol–water partition coefficient (Wildman–Crippen LogP) is 6.85. The second kappa shape index (κ2) is 8.95. The number of nitrogens with zero attached hydrogens (tertiary/aromatic N) is 2. The minimum Gasteiger partial charge on any atom is -0.369 e. The number of nitrogens with one attached hydrogen (secondary N) is 2. The van der Waals surface area contributed by atoms with Crippen molar-refractivity contribution in [1.29, 1.82) is 0 Å². The first-order valence-electron chi connectivity index (χ1n) is 16.3. The number of ether oxygens (including phenoxy) is 2. The summed E-state index contributed by atoms with van der Waals surface area (Å²) in [5.41, 5.74) is 8.01. The maximum atomic E-state index is 6.36. The third-order valence-corrected chi connectivity index (χ3v) is 12.6. The standard InChI is InChI=1S/2C18H22N2O/c2*1-18-13-7-9-20(2)16(11(13)8-10-21-18)15-12-5-3-4-6-14(12)19-17(15)18/h2*3-6,11,13,16,19H,7-10H2,1-2H3/t2*11-,13-,16+,18+/m10/s1. The number of likely N-dealkylation sites (tertiary alicyclic amines) is 2. The van der Waals surface area contributed by atoms with Crippen LogP contribution in [0.4, 0.5) is 0 Å². The summed E-state index contributed by atoms with van der Waals surface area (Å²) in [6, 6.07) is 18.6. The molecule has 0 spiro atoms. The molecular weight excluding hydrogens is 520 g/mol. The lowest BCUT2D eigenvalue weighted by atomic mass is 9.60. The van der Waals surface area contributed by atoms with E-state index in [4.69, 9.17) is 9.47 Å². The van der Waals surface area contributed by atoms with Crippen molar-refractivity contribution in [2.75, 3.05) is 40.4 Å². The van der Waals surface area contributed by atoms with Gasteiger partial charge in [0.25, 0.3) is 0 Å². The molecule has 0 amide bonds. The molecule has 42 heavy (non-hydrogen) atoms. The molecule has 2 aliphatic carbocycles. The highest BCUT2D eigenvalue weighted by atomic mass is 16.5. The van der Waals surface area contributed by atoms with Crippen molar-refractivity contribution in [2.24, 2.45) is 23.7 Å². The number of rotatable bonds is 0. The monoisotopic (exact) mass is 564 g/mol. The van der Waals surface area contributed by atoms with Gasteiger partial charge in [0.1, 0.15) is 11.2 Å². The van der Waals surface area contributed by atoms with Gasteiger partial charge in [0.05, 0.1) is 11.4 Å². The van der Waals surface area contributed by atoms with Crippen LogP contribution in [0.3, 0.4) is 0 Å². The summed E-state index contributed by atoms with van der Waals surface area (Å²) in [5.74, 6) is 2.81. The summed E-state index contributed by atoms with van der Waals surface area (Å²) in [7, 11) is 4.59. The highest BCUT2D eigenvalue weighted by Gasteiger charge is 2.58. The molecular formula is C36H44N4O2. The van der Waals surface area contributed by atoms with E-state index in [2.05, 4.69) is 96.2 Å². The molecule has 8 bridgehead atoms. The average molecular weight is 565 g/mol. The Labute approximate surface area is 248 Å². The van der Waals surface area contributed by atoms with Crippen LogP contribution >= 0.6 is 0 Å². The van der Waals surface area contributed by atoms with Crippen LogP contribution in [0.5, 0.6) is 0 Å². The molecule has 10 rings (SSSR count). The Hall–Kier alpha value is -2.64. The summed E-state index contributed by atoms with van der Waals surface area (Å²) in [6.07, 6.45) is 4.91. The number of H-pyrrole nitrogens is 2. The summed E-state index contributed by atoms with van der Waals surface area (Å²) in [6.45, 7) is 8.81. The van der Waals surface area contributed by atoms with Gasteiger partial charge in [-0.3, -0.25) is 9.80 Å². The van der Waals surface area contributed by atoms with Crippen molar-refractivity contribution in [1.82, 2.24) is 19.8 Å². The fourth-order valence-corrected chi connectivity index (χ4v) is 10.7. The first-order chi connectivity index (χ1) is 20.4. The first kappa shape index (κ1) is 25.8. The molecule has 220 valence electrons. The van der Waals surface area contributed by atoms with Gasteiger partial charge >= 0.3 is 0 Å². The van der Waals surface area contributed by atoms with Crippen LogP contribution in [-0.4, -0.2) is 60.2 Å². The van der Waals surface area contributed by atoms with E-state index in [9.17, 15) is 0 Å². The largest absolute Gasteiger partial charge is 0.369 e. The van der Waals surface area contributed by atoms with Crippen LogP contribution in [0.1, 0.15) is 74.1 Å². The van der Waals surface area contributed by atoms with Crippen molar-refractivity contribution < 1.29 is 9.47 Å². The Kier molecular flexibility index (Phi) is 5.50. The Morgan fingerprint density at radius 1 is 0.643 bits per heavy atom. The number of aromatic amines is 2. The lowest BCUT2D eigenvalue weighted by Crippen LogP contribution is -2.57. The number of hydrogen-bond donors (Lipinski definition) is 2. The lowest BCUT2D eigenvalue weighted by Gasteiger charge is -2.57. The molecule has 2 aromatic heterocycles. The highest BCUT2D eigenvalue weighted by molar-refractivity contribution is 5.87. The fourth-order valence-electron chi connectivity index (χ4n) is 10.7. The summed E-state index contributed by atoms with van der Waals surface area (Å²) >= 11 is 0. The van der Waals surface area contributed by atoms with Gasteiger partial charge in [-0.15, -0.1) is 0 Å². The second-order valence-electron chi connectivity index (χ2n) is 14.4. The Balaban J connectivity index is 0.000000119. The van der Waals surface area contributed by atoms with Crippen LogP contribution in [0.15, 0.2) is 48.5 Å². The number of aromatic nitrogens is 2. The first-order valence-corrected chi connectivity index (χ1v) is 16.3. The molecule has 4 aromatic rings. The van der Waals surface area contributed by atoms with Gasteiger partial charge in [-0.05, 0) is 103 Å². The zero-order valence-electron chi connectivity index (χ0n) is 25.5.